The molecule has 38 heavy (non-hydrogen) atoms. The summed E-state index contributed by atoms with van der Waals surface area (Å²) in [5.41, 5.74) is 1.07. The second kappa shape index (κ2) is 12.4. The molecule has 0 aliphatic rings. The number of sulfonamides is 2. The normalized spacial score (nSPS) is 11.8. The van der Waals surface area contributed by atoms with E-state index in [1.165, 1.54) is 68.7 Å². The number of hydrogen-bond acceptors (Lipinski definition) is 6. The first kappa shape index (κ1) is 29.7. The zero-order valence-electron chi connectivity index (χ0n) is 20.9. The zero-order chi connectivity index (χ0) is 28.1. The topological polar surface area (TPSA) is 113 Å². The highest BCUT2D eigenvalue weighted by molar-refractivity contribution is 7.92. The number of benzene rings is 3. The summed E-state index contributed by atoms with van der Waals surface area (Å²) in [4.78, 5) is 12.9. The lowest BCUT2D eigenvalue weighted by Gasteiger charge is -2.24. The van der Waals surface area contributed by atoms with Crippen molar-refractivity contribution in [2.24, 2.45) is 0 Å². The van der Waals surface area contributed by atoms with Crippen molar-refractivity contribution in [3.63, 3.8) is 0 Å². The van der Waals surface area contributed by atoms with Gasteiger partial charge in [0.1, 0.15) is 18.9 Å². The summed E-state index contributed by atoms with van der Waals surface area (Å²) in [5, 5.41) is 3.02. The third-order valence-corrected chi connectivity index (χ3v) is 9.74. The number of amides is 1. The van der Waals surface area contributed by atoms with Crippen LogP contribution in [-0.2, 0) is 24.8 Å². The Labute approximate surface area is 233 Å². The zero-order valence-corrected chi connectivity index (χ0v) is 24.0. The van der Waals surface area contributed by atoms with Crippen LogP contribution in [0.15, 0.2) is 76.5 Å². The van der Waals surface area contributed by atoms with Gasteiger partial charge in [-0.15, -0.1) is 0 Å². The number of ether oxygens (including phenoxy) is 1. The molecule has 3 aromatic rings. The highest BCUT2D eigenvalue weighted by Gasteiger charge is 2.27. The van der Waals surface area contributed by atoms with Gasteiger partial charge in [0.15, 0.2) is 0 Å². The number of carbonyl (C=O) groups excluding carboxylic acids is 1. The molecular weight excluding hydrogens is 573 g/mol. The molecule has 9 nitrogen and oxygen atoms in total. The van der Waals surface area contributed by atoms with Crippen LogP contribution < -0.4 is 14.4 Å². The van der Waals surface area contributed by atoms with Gasteiger partial charge in [-0.3, -0.25) is 9.10 Å². The van der Waals surface area contributed by atoms with Crippen LogP contribution in [0.25, 0.3) is 0 Å². The molecule has 0 aliphatic heterocycles. The van der Waals surface area contributed by atoms with E-state index in [-0.39, 0.29) is 38.7 Å². The number of nitrogens with zero attached hydrogens (tertiary/aromatic N) is 2. The molecule has 0 spiro atoms. The molecule has 0 fully saturated rings. The monoisotopic (exact) mass is 599 g/mol. The Balaban J connectivity index is 1.67. The van der Waals surface area contributed by atoms with Gasteiger partial charge in [-0.1, -0.05) is 40.9 Å². The molecule has 0 radical (unpaired) electrons. The van der Waals surface area contributed by atoms with Crippen LogP contribution in [0, 0.1) is 6.92 Å². The van der Waals surface area contributed by atoms with Crippen LogP contribution in [0.3, 0.4) is 0 Å². The van der Waals surface area contributed by atoms with E-state index in [9.17, 15) is 21.6 Å². The van der Waals surface area contributed by atoms with Crippen molar-refractivity contribution in [2.75, 3.05) is 38.1 Å². The molecule has 3 rings (SSSR count). The fourth-order valence-corrected chi connectivity index (χ4v) is 5.86. The molecule has 0 atom stereocenters. The van der Waals surface area contributed by atoms with Gasteiger partial charge in [0, 0.05) is 14.1 Å². The van der Waals surface area contributed by atoms with Crippen molar-refractivity contribution in [2.45, 2.75) is 16.7 Å². The smallest absolute Gasteiger partial charge is 0.264 e. The number of hydrogen-bond donors (Lipinski definition) is 1. The molecule has 13 heteroatoms. The van der Waals surface area contributed by atoms with Crippen LogP contribution in [0.1, 0.15) is 5.56 Å². The molecule has 204 valence electrons. The van der Waals surface area contributed by atoms with Gasteiger partial charge < -0.3 is 10.1 Å². The fourth-order valence-electron chi connectivity index (χ4n) is 3.26. The van der Waals surface area contributed by atoms with E-state index in [2.05, 4.69) is 5.32 Å². The van der Waals surface area contributed by atoms with Crippen molar-refractivity contribution >= 4 is 54.8 Å². The van der Waals surface area contributed by atoms with E-state index in [1.54, 1.807) is 12.1 Å². The maximum absolute atomic E-state index is 13.4. The highest BCUT2D eigenvalue weighted by atomic mass is 35.5. The van der Waals surface area contributed by atoms with Crippen molar-refractivity contribution < 1.29 is 26.4 Å². The maximum Gasteiger partial charge on any atom is 0.264 e. The minimum absolute atomic E-state index is 0.0185. The first-order valence-electron chi connectivity index (χ1n) is 11.3. The summed E-state index contributed by atoms with van der Waals surface area (Å²) < 4.78 is 58.8. The molecule has 0 aliphatic carbocycles. The molecule has 1 amide bonds. The quantitative estimate of drug-likeness (QED) is 0.334. The van der Waals surface area contributed by atoms with Gasteiger partial charge in [-0.05, 0) is 61.5 Å². The van der Waals surface area contributed by atoms with Gasteiger partial charge in [-0.2, -0.15) is 0 Å². The van der Waals surface area contributed by atoms with Gasteiger partial charge in [0.2, 0.25) is 15.9 Å². The minimum Gasteiger partial charge on any atom is -0.492 e. The van der Waals surface area contributed by atoms with E-state index in [4.69, 9.17) is 27.9 Å². The first-order valence-corrected chi connectivity index (χ1v) is 14.9. The Kier molecular flexibility index (Phi) is 9.66. The standard InChI is InChI=1S/C25H27Cl2N3O6S2/c1-18-4-9-22(10-5-18)38(34,35)30(19-6-13-23(26)24(27)16-19)17-25(31)28-14-15-36-20-7-11-21(12-8-20)37(32,33)29(2)3/h4-13,16H,14-15,17H2,1-3H3,(H,28,31). The molecule has 0 saturated carbocycles. The lowest BCUT2D eigenvalue weighted by atomic mass is 10.2. The lowest BCUT2D eigenvalue weighted by Crippen LogP contribution is -2.42. The van der Waals surface area contributed by atoms with E-state index in [1.807, 2.05) is 6.92 Å². The van der Waals surface area contributed by atoms with Gasteiger partial charge in [0.05, 0.1) is 32.1 Å². The van der Waals surface area contributed by atoms with Crippen LogP contribution >= 0.6 is 23.2 Å². The van der Waals surface area contributed by atoms with Crippen LogP contribution in [0.4, 0.5) is 5.69 Å². The van der Waals surface area contributed by atoms with Gasteiger partial charge in [0.25, 0.3) is 10.0 Å². The number of nitrogens with one attached hydrogen (secondary N) is 1. The van der Waals surface area contributed by atoms with Gasteiger partial charge in [-0.25, -0.2) is 21.1 Å². The Morgan fingerprint density at radius 3 is 2.00 bits per heavy atom. The second-order valence-electron chi connectivity index (χ2n) is 8.38. The average molecular weight is 601 g/mol. The fraction of sp³-hybridized carbons (Fsp3) is 0.240. The molecule has 0 heterocycles. The minimum atomic E-state index is -4.10. The summed E-state index contributed by atoms with van der Waals surface area (Å²) in [6, 6.07) is 16.4. The predicted octanol–water partition coefficient (Wildman–Crippen LogP) is 3.94. The maximum atomic E-state index is 13.4. The summed E-state index contributed by atoms with van der Waals surface area (Å²) in [6.07, 6.45) is 0. The third-order valence-electron chi connectivity index (χ3n) is 5.38. The number of carbonyl (C=O) groups is 1. The number of aryl methyl sites for hydroxylation is 1. The first-order chi connectivity index (χ1) is 17.8. The summed E-state index contributed by atoms with van der Waals surface area (Å²) in [5.74, 6) is -0.154. The molecule has 3 aromatic carbocycles. The Hall–Kier alpha value is -2.83. The number of anilines is 1. The van der Waals surface area contributed by atoms with Crippen LogP contribution in [0.5, 0.6) is 5.75 Å². The van der Waals surface area contributed by atoms with Crippen LogP contribution in [0.2, 0.25) is 10.0 Å². The van der Waals surface area contributed by atoms with Crippen molar-refractivity contribution in [1.82, 2.24) is 9.62 Å². The molecular formula is C25H27Cl2N3O6S2. The molecule has 0 bridgehead atoms. The summed E-state index contributed by atoms with van der Waals surface area (Å²) in [7, 11) is -4.77. The third kappa shape index (κ3) is 7.17. The number of rotatable bonds is 11. The summed E-state index contributed by atoms with van der Waals surface area (Å²) >= 11 is 12.1. The van der Waals surface area contributed by atoms with Crippen molar-refractivity contribution in [3.05, 3.63) is 82.3 Å². The molecule has 0 aromatic heterocycles. The Morgan fingerprint density at radius 2 is 1.42 bits per heavy atom. The molecule has 0 unspecified atom stereocenters. The Bertz CT molecular complexity index is 1500. The molecule has 0 saturated heterocycles. The largest absolute Gasteiger partial charge is 0.492 e. The van der Waals surface area contributed by atoms with Gasteiger partial charge >= 0.3 is 0 Å². The Morgan fingerprint density at radius 1 is 0.842 bits per heavy atom. The highest BCUT2D eigenvalue weighted by Crippen LogP contribution is 2.30. The number of halogens is 2. The molecule has 1 N–H and O–H groups in total. The lowest BCUT2D eigenvalue weighted by molar-refractivity contribution is -0.119. The van der Waals surface area contributed by atoms with E-state index >= 15 is 0 Å². The summed E-state index contributed by atoms with van der Waals surface area (Å²) in [6.45, 7) is 1.48. The van der Waals surface area contributed by atoms with Crippen LogP contribution in [-0.4, -0.2) is 60.8 Å². The average Bonchev–Trinajstić information content (AvgIpc) is 2.87. The van der Waals surface area contributed by atoms with Crippen molar-refractivity contribution in [1.29, 1.82) is 0 Å². The SMILES string of the molecule is Cc1ccc(S(=O)(=O)N(CC(=O)NCCOc2ccc(S(=O)(=O)N(C)C)cc2)c2ccc(Cl)c(Cl)c2)cc1. The van der Waals surface area contributed by atoms with E-state index in [0.29, 0.717) is 5.75 Å². The second-order valence-corrected chi connectivity index (χ2v) is 13.2. The van der Waals surface area contributed by atoms with E-state index < -0.39 is 32.5 Å². The van der Waals surface area contributed by atoms with E-state index in [0.717, 1.165) is 14.2 Å². The predicted molar refractivity (Wildman–Crippen MR) is 148 cm³/mol. The van der Waals surface area contributed by atoms with Crippen molar-refractivity contribution in [3.8, 4) is 5.75 Å².